The van der Waals surface area contributed by atoms with E-state index in [0.29, 0.717) is 5.56 Å². The SMILES string of the molecule is NNC(=O)c1occc1Cn1cc(F)c(=O)[nH]c1=O. The van der Waals surface area contributed by atoms with Crippen LogP contribution in [0.2, 0.25) is 0 Å². The topological polar surface area (TPSA) is 123 Å². The lowest BCUT2D eigenvalue weighted by molar-refractivity contribution is 0.0924. The van der Waals surface area contributed by atoms with Crippen molar-refractivity contribution in [2.75, 3.05) is 0 Å². The normalized spacial score (nSPS) is 10.4. The van der Waals surface area contributed by atoms with E-state index in [-0.39, 0.29) is 12.3 Å². The number of rotatable bonds is 3. The Kier molecular flexibility index (Phi) is 3.29. The van der Waals surface area contributed by atoms with Gasteiger partial charge in [-0.3, -0.25) is 24.6 Å². The summed E-state index contributed by atoms with van der Waals surface area (Å²) in [5.41, 5.74) is 0.290. The van der Waals surface area contributed by atoms with Gasteiger partial charge in [0.2, 0.25) is 5.82 Å². The predicted octanol–water partition coefficient (Wildman–Crippen LogP) is -1.08. The van der Waals surface area contributed by atoms with Crippen molar-refractivity contribution in [3.05, 3.63) is 56.5 Å². The highest BCUT2D eigenvalue weighted by atomic mass is 19.1. The van der Waals surface area contributed by atoms with E-state index in [2.05, 4.69) is 0 Å². The van der Waals surface area contributed by atoms with Gasteiger partial charge in [0.15, 0.2) is 5.76 Å². The average molecular weight is 268 g/mol. The molecule has 0 saturated heterocycles. The number of nitrogens with one attached hydrogen (secondary N) is 2. The Hall–Kier alpha value is -2.68. The quantitative estimate of drug-likeness (QED) is 0.371. The van der Waals surface area contributed by atoms with E-state index in [0.717, 1.165) is 10.8 Å². The van der Waals surface area contributed by atoms with Gasteiger partial charge in [0.1, 0.15) is 0 Å². The molecule has 0 radical (unpaired) electrons. The van der Waals surface area contributed by atoms with E-state index in [1.54, 1.807) is 4.98 Å². The van der Waals surface area contributed by atoms with Crippen molar-refractivity contribution in [3.8, 4) is 0 Å². The van der Waals surface area contributed by atoms with Crippen molar-refractivity contribution in [2.24, 2.45) is 5.84 Å². The van der Waals surface area contributed by atoms with E-state index in [9.17, 15) is 18.8 Å². The summed E-state index contributed by atoms with van der Waals surface area (Å²) in [6, 6.07) is 1.43. The molecule has 0 aliphatic heterocycles. The Bertz CT molecular complexity index is 730. The molecule has 0 bridgehead atoms. The summed E-state index contributed by atoms with van der Waals surface area (Å²) in [6.45, 7) is -0.147. The molecule has 1 amide bonds. The molecule has 0 aromatic carbocycles. The van der Waals surface area contributed by atoms with Gasteiger partial charge in [0, 0.05) is 5.56 Å². The third kappa shape index (κ3) is 2.45. The largest absolute Gasteiger partial charge is 0.459 e. The van der Waals surface area contributed by atoms with Crippen molar-refractivity contribution in [1.82, 2.24) is 15.0 Å². The van der Waals surface area contributed by atoms with Crippen molar-refractivity contribution in [3.63, 3.8) is 0 Å². The van der Waals surface area contributed by atoms with Gasteiger partial charge in [-0.2, -0.15) is 4.39 Å². The van der Waals surface area contributed by atoms with Gasteiger partial charge in [-0.05, 0) is 6.07 Å². The summed E-state index contributed by atoms with van der Waals surface area (Å²) in [4.78, 5) is 35.5. The van der Waals surface area contributed by atoms with Gasteiger partial charge >= 0.3 is 11.6 Å². The third-order valence-corrected chi connectivity index (χ3v) is 2.39. The van der Waals surface area contributed by atoms with Gasteiger partial charge < -0.3 is 4.42 Å². The van der Waals surface area contributed by atoms with Crippen LogP contribution in [0.15, 0.2) is 32.5 Å². The van der Waals surface area contributed by atoms with Gasteiger partial charge in [0.25, 0.3) is 5.56 Å². The number of nitrogen functional groups attached to an aromatic ring is 1. The van der Waals surface area contributed by atoms with Crippen molar-refractivity contribution in [2.45, 2.75) is 6.54 Å². The maximum absolute atomic E-state index is 13.1. The summed E-state index contributed by atoms with van der Waals surface area (Å²) < 4.78 is 18.9. The fourth-order valence-corrected chi connectivity index (χ4v) is 1.51. The summed E-state index contributed by atoms with van der Waals surface area (Å²) >= 11 is 0. The van der Waals surface area contributed by atoms with Crippen molar-refractivity contribution in [1.29, 1.82) is 0 Å². The molecule has 0 atom stereocenters. The van der Waals surface area contributed by atoms with Gasteiger partial charge in [-0.15, -0.1) is 0 Å². The number of hydrogen-bond donors (Lipinski definition) is 3. The summed E-state index contributed by atoms with van der Waals surface area (Å²) in [6.07, 6.45) is 1.98. The molecule has 100 valence electrons. The Morgan fingerprint density at radius 2 is 2.26 bits per heavy atom. The summed E-state index contributed by atoms with van der Waals surface area (Å²) in [5, 5.41) is 0. The van der Waals surface area contributed by atoms with Crippen LogP contribution in [0, 0.1) is 5.82 Å². The zero-order chi connectivity index (χ0) is 14.0. The molecule has 0 saturated carbocycles. The third-order valence-electron chi connectivity index (χ3n) is 2.39. The average Bonchev–Trinajstić information content (AvgIpc) is 2.83. The standard InChI is InChI=1S/C10H9FN4O4/c11-6-4-15(10(18)13-8(6)16)3-5-1-2-19-7(5)9(17)14-12/h1-2,4H,3,12H2,(H,14,17)(H,13,16,18). The zero-order valence-corrected chi connectivity index (χ0v) is 9.47. The highest BCUT2D eigenvalue weighted by molar-refractivity contribution is 5.92. The second-order valence-corrected chi connectivity index (χ2v) is 3.61. The molecule has 2 aromatic rings. The maximum Gasteiger partial charge on any atom is 0.328 e. The Labute approximate surface area is 104 Å². The number of carbonyl (C=O) groups excluding carboxylic acids is 1. The molecular formula is C10H9FN4O4. The van der Waals surface area contributed by atoms with Crippen molar-refractivity contribution < 1.29 is 13.6 Å². The molecule has 19 heavy (non-hydrogen) atoms. The van der Waals surface area contributed by atoms with Gasteiger partial charge in [-0.25, -0.2) is 10.6 Å². The van der Waals surface area contributed by atoms with Crippen LogP contribution in [0.1, 0.15) is 16.1 Å². The zero-order valence-electron chi connectivity index (χ0n) is 9.47. The Morgan fingerprint density at radius 1 is 1.53 bits per heavy atom. The van der Waals surface area contributed by atoms with Crippen LogP contribution < -0.4 is 22.5 Å². The molecule has 2 heterocycles. The second kappa shape index (κ2) is 4.90. The molecule has 2 aromatic heterocycles. The minimum Gasteiger partial charge on any atom is -0.459 e. The molecular weight excluding hydrogens is 259 g/mol. The van der Waals surface area contributed by atoms with E-state index in [1.165, 1.54) is 12.3 Å². The minimum absolute atomic E-state index is 0.0963. The fraction of sp³-hybridized carbons (Fsp3) is 0.100. The lowest BCUT2D eigenvalue weighted by Crippen LogP contribution is -2.33. The molecule has 0 spiro atoms. The highest BCUT2D eigenvalue weighted by Gasteiger charge is 2.15. The smallest absolute Gasteiger partial charge is 0.328 e. The van der Waals surface area contributed by atoms with E-state index < -0.39 is 23.0 Å². The number of carbonyl (C=O) groups is 1. The minimum atomic E-state index is -1.10. The first-order valence-corrected chi connectivity index (χ1v) is 5.09. The summed E-state index contributed by atoms with van der Waals surface area (Å²) in [7, 11) is 0. The number of nitrogens with zero attached hydrogens (tertiary/aromatic N) is 1. The number of aromatic nitrogens is 2. The van der Waals surface area contributed by atoms with Crippen LogP contribution in [-0.4, -0.2) is 15.5 Å². The number of furan rings is 1. The number of hydrogen-bond acceptors (Lipinski definition) is 5. The van der Waals surface area contributed by atoms with Crippen LogP contribution in [-0.2, 0) is 6.54 Å². The Morgan fingerprint density at radius 3 is 2.95 bits per heavy atom. The monoisotopic (exact) mass is 268 g/mol. The van der Waals surface area contributed by atoms with Crippen LogP contribution in [0.4, 0.5) is 4.39 Å². The van der Waals surface area contributed by atoms with E-state index in [1.807, 2.05) is 5.43 Å². The van der Waals surface area contributed by atoms with E-state index >= 15 is 0 Å². The molecule has 0 unspecified atom stereocenters. The molecule has 8 nitrogen and oxygen atoms in total. The lowest BCUT2D eigenvalue weighted by atomic mass is 10.2. The number of halogens is 1. The number of hydrazine groups is 1. The lowest BCUT2D eigenvalue weighted by Gasteiger charge is -2.04. The van der Waals surface area contributed by atoms with Crippen molar-refractivity contribution >= 4 is 5.91 Å². The van der Waals surface area contributed by atoms with Crippen LogP contribution in [0.3, 0.4) is 0 Å². The number of nitrogens with two attached hydrogens (primary N) is 1. The van der Waals surface area contributed by atoms with Gasteiger partial charge in [0.05, 0.1) is 19.0 Å². The summed E-state index contributed by atoms with van der Waals surface area (Å²) in [5.74, 6) is 3.08. The van der Waals surface area contributed by atoms with Gasteiger partial charge in [-0.1, -0.05) is 0 Å². The first kappa shape index (κ1) is 12.8. The number of amides is 1. The molecule has 9 heteroatoms. The van der Waals surface area contributed by atoms with Crippen LogP contribution in [0.5, 0.6) is 0 Å². The Balaban J connectivity index is 2.40. The number of H-pyrrole nitrogens is 1. The molecule has 0 aliphatic carbocycles. The fourth-order valence-electron chi connectivity index (χ4n) is 1.51. The van der Waals surface area contributed by atoms with Crippen LogP contribution >= 0.6 is 0 Å². The first-order chi connectivity index (χ1) is 9.02. The molecule has 0 fully saturated rings. The number of aromatic amines is 1. The predicted molar refractivity (Wildman–Crippen MR) is 60.7 cm³/mol. The molecule has 2 rings (SSSR count). The molecule has 4 N–H and O–H groups in total. The van der Waals surface area contributed by atoms with Crippen LogP contribution in [0.25, 0.3) is 0 Å². The maximum atomic E-state index is 13.1. The first-order valence-electron chi connectivity index (χ1n) is 5.09. The van der Waals surface area contributed by atoms with E-state index in [4.69, 9.17) is 10.3 Å². The highest BCUT2D eigenvalue weighted by Crippen LogP contribution is 2.11. The second-order valence-electron chi connectivity index (χ2n) is 3.61. The molecule has 0 aliphatic rings.